The van der Waals surface area contributed by atoms with Crippen molar-refractivity contribution < 1.29 is 5.11 Å². The molecule has 0 saturated heterocycles. The first-order valence-electron chi connectivity index (χ1n) is 10.7. The van der Waals surface area contributed by atoms with Gasteiger partial charge in [0.1, 0.15) is 0 Å². The third-order valence-electron chi connectivity index (χ3n) is 5.01. The number of aliphatic hydroxyl groups is 1. The van der Waals surface area contributed by atoms with Gasteiger partial charge in [0.05, 0.1) is 22.3 Å². The second kappa shape index (κ2) is 10.3. The fourth-order valence-corrected chi connectivity index (χ4v) is 6.62. The third-order valence-corrected chi connectivity index (χ3v) is 7.40. The van der Waals surface area contributed by atoms with E-state index >= 15 is 0 Å². The van der Waals surface area contributed by atoms with Crippen molar-refractivity contribution in [3.05, 3.63) is 22.5 Å². The molecular weight excluding hydrogens is 336 g/mol. The largest absolute Gasteiger partial charge is 0.392 e. The molecule has 146 valence electrons. The molecule has 0 bridgehead atoms. The Balaban J connectivity index is 2.73. The molecule has 0 aromatic rings. The Morgan fingerprint density at radius 1 is 0.920 bits per heavy atom. The summed E-state index contributed by atoms with van der Waals surface area (Å²) >= 11 is 0. The molecule has 1 nitrogen and oxygen atoms in total. The summed E-state index contributed by atoms with van der Waals surface area (Å²) < 4.78 is 0. The summed E-state index contributed by atoms with van der Waals surface area (Å²) in [6.07, 6.45) is 11.0. The first kappa shape index (κ1) is 22.9. The van der Waals surface area contributed by atoms with Crippen LogP contribution < -0.4 is 0 Å². The van der Waals surface area contributed by atoms with Gasteiger partial charge in [-0.15, -0.1) is 0 Å². The standard InChI is InChI=1S/C22H44OSi2/c1-8-9-10-11-12-13-14-22(23)20-16-15-19(17-24(2,3)4)21(20)18-25(5,6)7/h17-18,20,22-23H,8-16H2,1-7H3/b19-17+,21-18+/t20-,22+/m0/s1. The van der Waals surface area contributed by atoms with Crippen molar-refractivity contribution in [2.75, 3.05) is 0 Å². The van der Waals surface area contributed by atoms with E-state index in [4.69, 9.17) is 0 Å². The summed E-state index contributed by atoms with van der Waals surface area (Å²) in [4.78, 5) is 0. The summed E-state index contributed by atoms with van der Waals surface area (Å²) in [6, 6.07) is 0. The van der Waals surface area contributed by atoms with Crippen LogP contribution in [0, 0.1) is 5.92 Å². The fraction of sp³-hybridized carbons (Fsp3) is 0.818. The molecule has 2 atom stereocenters. The van der Waals surface area contributed by atoms with E-state index in [2.05, 4.69) is 57.6 Å². The number of unbranched alkanes of at least 4 members (excludes halogenated alkanes) is 5. The average Bonchev–Trinajstić information content (AvgIpc) is 2.81. The molecule has 1 rings (SSSR count). The van der Waals surface area contributed by atoms with E-state index in [1.165, 1.54) is 50.5 Å². The topological polar surface area (TPSA) is 20.2 Å². The van der Waals surface area contributed by atoms with Gasteiger partial charge in [-0.2, -0.15) is 0 Å². The smallest absolute Gasteiger partial charge is 0.0690 e. The number of hydrogen-bond acceptors (Lipinski definition) is 1. The molecule has 1 saturated carbocycles. The van der Waals surface area contributed by atoms with E-state index in [9.17, 15) is 5.11 Å². The molecule has 0 aromatic heterocycles. The highest BCUT2D eigenvalue weighted by Crippen LogP contribution is 2.41. The highest BCUT2D eigenvalue weighted by atomic mass is 28.3. The molecule has 0 radical (unpaired) electrons. The van der Waals surface area contributed by atoms with Gasteiger partial charge >= 0.3 is 0 Å². The van der Waals surface area contributed by atoms with Crippen LogP contribution in [-0.4, -0.2) is 27.4 Å². The molecule has 0 spiro atoms. The van der Waals surface area contributed by atoms with Crippen molar-refractivity contribution in [3.8, 4) is 0 Å². The van der Waals surface area contributed by atoms with Gasteiger partial charge in [0, 0.05) is 5.92 Å². The summed E-state index contributed by atoms with van der Waals surface area (Å²) in [5.74, 6) is 0.393. The van der Waals surface area contributed by atoms with Crippen LogP contribution in [0.4, 0.5) is 0 Å². The minimum Gasteiger partial charge on any atom is -0.392 e. The Hall–Kier alpha value is -0.126. The van der Waals surface area contributed by atoms with Crippen LogP contribution >= 0.6 is 0 Å². The third kappa shape index (κ3) is 9.39. The Labute approximate surface area is 160 Å². The lowest BCUT2D eigenvalue weighted by atomic mass is 9.92. The van der Waals surface area contributed by atoms with Crippen molar-refractivity contribution in [3.63, 3.8) is 0 Å². The van der Waals surface area contributed by atoms with Crippen LogP contribution in [0.5, 0.6) is 0 Å². The number of aliphatic hydroxyl groups excluding tert-OH is 1. The van der Waals surface area contributed by atoms with Crippen LogP contribution in [0.1, 0.15) is 64.7 Å². The molecule has 0 aliphatic heterocycles. The van der Waals surface area contributed by atoms with Gasteiger partial charge < -0.3 is 5.11 Å². The molecule has 0 heterocycles. The highest BCUT2D eigenvalue weighted by molar-refractivity contribution is 6.82. The average molecular weight is 381 g/mol. The molecule has 0 unspecified atom stereocenters. The molecule has 25 heavy (non-hydrogen) atoms. The van der Waals surface area contributed by atoms with Crippen molar-refractivity contribution in [1.82, 2.24) is 0 Å². The van der Waals surface area contributed by atoms with Crippen molar-refractivity contribution >= 4 is 16.1 Å². The van der Waals surface area contributed by atoms with E-state index < -0.39 is 16.1 Å². The van der Waals surface area contributed by atoms with E-state index in [1.54, 1.807) is 5.57 Å². The van der Waals surface area contributed by atoms with Crippen LogP contribution in [-0.2, 0) is 0 Å². The monoisotopic (exact) mass is 380 g/mol. The Morgan fingerprint density at radius 3 is 2.04 bits per heavy atom. The minimum absolute atomic E-state index is 0.138. The SMILES string of the molecule is CCCCCCCC[C@@H](O)[C@H]1CCC(=C\[Si](C)(C)C)/C1=C\[Si](C)(C)C. The second-order valence-electron chi connectivity index (χ2n) is 10.3. The zero-order valence-electron chi connectivity index (χ0n) is 18.1. The lowest BCUT2D eigenvalue weighted by molar-refractivity contribution is 0.115. The first-order valence-corrected chi connectivity index (χ1v) is 17.8. The van der Waals surface area contributed by atoms with Gasteiger partial charge in [0.25, 0.3) is 0 Å². The van der Waals surface area contributed by atoms with E-state index in [1.807, 2.05) is 0 Å². The molecule has 1 fully saturated rings. The van der Waals surface area contributed by atoms with Crippen LogP contribution in [0.2, 0.25) is 39.3 Å². The molecule has 1 aliphatic rings. The number of allylic oxidation sites excluding steroid dienone is 1. The lowest BCUT2D eigenvalue weighted by Gasteiger charge is -2.23. The van der Waals surface area contributed by atoms with Gasteiger partial charge in [-0.1, -0.05) is 102 Å². The highest BCUT2D eigenvalue weighted by Gasteiger charge is 2.33. The van der Waals surface area contributed by atoms with E-state index in [0.717, 1.165) is 12.8 Å². The summed E-state index contributed by atoms with van der Waals surface area (Å²) in [7, 11) is -2.50. The molecule has 1 aliphatic carbocycles. The molecule has 0 amide bonds. The van der Waals surface area contributed by atoms with Gasteiger partial charge in [-0.25, -0.2) is 0 Å². The van der Waals surface area contributed by atoms with Crippen molar-refractivity contribution in [2.24, 2.45) is 5.92 Å². The first-order chi connectivity index (χ1) is 11.5. The minimum atomic E-state index is -1.28. The zero-order chi connectivity index (χ0) is 19.1. The molecule has 1 N–H and O–H groups in total. The lowest BCUT2D eigenvalue weighted by Crippen LogP contribution is -2.24. The fourth-order valence-electron chi connectivity index (χ4n) is 3.93. The van der Waals surface area contributed by atoms with E-state index in [-0.39, 0.29) is 6.10 Å². The molecule has 0 aromatic carbocycles. The van der Waals surface area contributed by atoms with Crippen LogP contribution in [0.25, 0.3) is 0 Å². The summed E-state index contributed by atoms with van der Waals surface area (Å²) in [5, 5.41) is 10.9. The number of hydrogen-bond donors (Lipinski definition) is 1. The van der Waals surface area contributed by atoms with Gasteiger partial charge in [0.15, 0.2) is 0 Å². The quantitative estimate of drug-likeness (QED) is 0.316. The Morgan fingerprint density at radius 2 is 1.48 bits per heavy atom. The second-order valence-corrected chi connectivity index (χ2v) is 20.3. The molecular formula is C22H44OSi2. The predicted octanol–water partition coefficient (Wildman–Crippen LogP) is 7.12. The maximum Gasteiger partial charge on any atom is 0.0690 e. The summed E-state index contributed by atoms with van der Waals surface area (Å²) in [6.45, 7) is 16.8. The summed E-state index contributed by atoms with van der Waals surface area (Å²) in [5.41, 5.74) is 8.28. The van der Waals surface area contributed by atoms with Gasteiger partial charge in [-0.05, 0) is 24.8 Å². The van der Waals surface area contributed by atoms with E-state index in [0.29, 0.717) is 5.92 Å². The van der Waals surface area contributed by atoms with Gasteiger partial charge in [0.2, 0.25) is 0 Å². The molecule has 3 heteroatoms. The predicted molar refractivity (Wildman–Crippen MR) is 120 cm³/mol. The van der Waals surface area contributed by atoms with Gasteiger partial charge in [-0.3, -0.25) is 0 Å². The maximum absolute atomic E-state index is 10.9. The normalized spacial score (nSPS) is 23.6. The zero-order valence-corrected chi connectivity index (χ0v) is 20.1. The van der Waals surface area contributed by atoms with Crippen molar-refractivity contribution in [2.45, 2.75) is 110 Å². The van der Waals surface area contributed by atoms with Crippen molar-refractivity contribution in [1.29, 1.82) is 0 Å². The van der Waals surface area contributed by atoms with Crippen LogP contribution in [0.15, 0.2) is 22.5 Å². The Bertz CT molecular complexity index is 452. The van der Waals surface area contributed by atoms with Crippen LogP contribution in [0.3, 0.4) is 0 Å². The maximum atomic E-state index is 10.9. The Kier molecular flexibility index (Phi) is 9.41. The number of rotatable bonds is 10.